The van der Waals surface area contributed by atoms with Crippen LogP contribution in [0.3, 0.4) is 0 Å². The van der Waals surface area contributed by atoms with Crippen LogP contribution in [0.4, 0.5) is 0 Å². The number of aromatic nitrogens is 2. The maximum Gasteiger partial charge on any atom is 0.348 e. The van der Waals surface area contributed by atoms with Crippen molar-refractivity contribution < 1.29 is 17.9 Å². The lowest BCUT2D eigenvalue weighted by Gasteiger charge is -2.09. The number of imidazole rings is 1. The normalized spacial score (nSPS) is 11.8. The molecule has 9 heteroatoms. The van der Waals surface area contributed by atoms with Crippen molar-refractivity contribution in [1.29, 1.82) is 0 Å². The molecule has 144 valence electrons. The number of benzene rings is 1. The van der Waals surface area contributed by atoms with Crippen LogP contribution in [0.15, 0.2) is 35.2 Å². The minimum absolute atomic E-state index is 0.00717. The summed E-state index contributed by atoms with van der Waals surface area (Å²) in [5.74, 6) is 0.180. The van der Waals surface area contributed by atoms with Crippen molar-refractivity contribution in [3.8, 4) is 0 Å². The SMILES string of the molecule is CCCCn1c(COC(=O)c2ccc(C)s2)nc2cc(S(N)(=O)=O)ccc21. The Balaban J connectivity index is 1.91. The topological polar surface area (TPSA) is 104 Å². The molecular formula is C18H21N3O4S2. The largest absolute Gasteiger partial charge is 0.453 e. The lowest BCUT2D eigenvalue weighted by atomic mass is 10.3. The van der Waals surface area contributed by atoms with Gasteiger partial charge in [-0.25, -0.2) is 23.3 Å². The number of thiophene rings is 1. The van der Waals surface area contributed by atoms with Gasteiger partial charge >= 0.3 is 5.97 Å². The van der Waals surface area contributed by atoms with Crippen molar-refractivity contribution in [2.45, 2.75) is 44.7 Å². The van der Waals surface area contributed by atoms with E-state index in [0.29, 0.717) is 22.8 Å². The van der Waals surface area contributed by atoms with Crippen LogP contribution in [0, 0.1) is 6.92 Å². The van der Waals surface area contributed by atoms with Gasteiger partial charge in [0.25, 0.3) is 0 Å². The fraction of sp³-hybridized carbons (Fsp3) is 0.333. The number of esters is 1. The summed E-state index contributed by atoms with van der Waals surface area (Å²) in [6.07, 6.45) is 1.91. The van der Waals surface area contributed by atoms with Gasteiger partial charge in [-0.05, 0) is 43.7 Å². The predicted octanol–water partition coefficient (Wildman–Crippen LogP) is 3.21. The third kappa shape index (κ3) is 4.37. The number of carbonyl (C=O) groups excluding carboxylic acids is 1. The highest BCUT2D eigenvalue weighted by atomic mass is 32.2. The third-order valence-electron chi connectivity index (χ3n) is 4.14. The van der Waals surface area contributed by atoms with Crippen molar-refractivity contribution in [2.24, 2.45) is 5.14 Å². The number of rotatable bonds is 7. The summed E-state index contributed by atoms with van der Waals surface area (Å²) in [6, 6.07) is 8.20. The molecule has 0 spiro atoms. The van der Waals surface area contributed by atoms with Gasteiger partial charge in [-0.3, -0.25) is 0 Å². The summed E-state index contributed by atoms with van der Waals surface area (Å²) >= 11 is 1.38. The monoisotopic (exact) mass is 407 g/mol. The van der Waals surface area contributed by atoms with Crippen molar-refractivity contribution in [3.63, 3.8) is 0 Å². The minimum Gasteiger partial charge on any atom is -0.453 e. The Labute approximate surface area is 161 Å². The first kappa shape index (κ1) is 19.5. The third-order valence-corrected chi connectivity index (χ3v) is 6.03. The standard InChI is InChI=1S/C18H21N3O4S2/c1-3-4-9-21-15-7-6-13(27(19,23)24)10-14(15)20-17(21)11-25-18(22)16-8-5-12(2)26-16/h5-8,10H,3-4,9,11H2,1-2H3,(H2,19,23,24). The Bertz CT molecular complexity index is 1080. The van der Waals surface area contributed by atoms with E-state index in [-0.39, 0.29) is 11.5 Å². The van der Waals surface area contributed by atoms with Crippen LogP contribution < -0.4 is 5.14 Å². The van der Waals surface area contributed by atoms with Gasteiger partial charge in [-0.15, -0.1) is 11.3 Å². The Kier molecular flexibility index (Phi) is 5.64. The highest BCUT2D eigenvalue weighted by Crippen LogP contribution is 2.22. The number of unbranched alkanes of at least 4 members (excludes halogenated alkanes) is 1. The van der Waals surface area contributed by atoms with E-state index in [1.807, 2.05) is 17.6 Å². The Morgan fingerprint density at radius 2 is 2.07 bits per heavy atom. The minimum atomic E-state index is -3.81. The van der Waals surface area contributed by atoms with Crippen molar-refractivity contribution in [2.75, 3.05) is 0 Å². The molecule has 0 bridgehead atoms. The second-order valence-corrected chi connectivity index (χ2v) is 9.06. The fourth-order valence-electron chi connectivity index (χ4n) is 2.76. The van der Waals surface area contributed by atoms with Gasteiger partial charge < -0.3 is 9.30 Å². The van der Waals surface area contributed by atoms with Crippen LogP contribution in [0.25, 0.3) is 11.0 Å². The molecule has 0 radical (unpaired) electrons. The fourth-order valence-corrected chi connectivity index (χ4v) is 4.05. The highest BCUT2D eigenvalue weighted by molar-refractivity contribution is 7.89. The Morgan fingerprint density at radius 1 is 1.30 bits per heavy atom. The molecule has 0 fully saturated rings. The van der Waals surface area contributed by atoms with E-state index in [9.17, 15) is 13.2 Å². The average Bonchev–Trinajstić information content (AvgIpc) is 3.20. The van der Waals surface area contributed by atoms with Gasteiger partial charge in [0, 0.05) is 11.4 Å². The quantitative estimate of drug-likeness (QED) is 0.606. The predicted molar refractivity (Wildman–Crippen MR) is 104 cm³/mol. The number of sulfonamides is 1. The summed E-state index contributed by atoms with van der Waals surface area (Å²) in [6.45, 7) is 4.72. The van der Waals surface area contributed by atoms with E-state index in [1.54, 1.807) is 12.1 Å². The molecular weight excluding hydrogens is 386 g/mol. The van der Waals surface area contributed by atoms with Gasteiger partial charge in [-0.1, -0.05) is 13.3 Å². The molecule has 0 aliphatic carbocycles. The second-order valence-electron chi connectivity index (χ2n) is 6.22. The molecule has 0 aliphatic heterocycles. The zero-order valence-corrected chi connectivity index (χ0v) is 16.8. The van der Waals surface area contributed by atoms with E-state index in [2.05, 4.69) is 11.9 Å². The van der Waals surface area contributed by atoms with Gasteiger partial charge in [0.05, 0.1) is 15.9 Å². The Hall–Kier alpha value is -2.23. The van der Waals surface area contributed by atoms with Crippen LogP contribution >= 0.6 is 11.3 Å². The number of hydrogen-bond acceptors (Lipinski definition) is 6. The van der Waals surface area contributed by atoms with E-state index in [4.69, 9.17) is 9.88 Å². The first-order chi connectivity index (χ1) is 12.8. The molecule has 0 amide bonds. The number of primary sulfonamides is 1. The number of hydrogen-bond donors (Lipinski definition) is 1. The van der Waals surface area contributed by atoms with Crippen molar-refractivity contribution in [3.05, 3.63) is 45.9 Å². The summed E-state index contributed by atoms with van der Waals surface area (Å²) < 4.78 is 30.6. The van der Waals surface area contributed by atoms with Gasteiger partial charge in [0.15, 0.2) is 0 Å². The van der Waals surface area contributed by atoms with Crippen LogP contribution in [-0.2, 0) is 27.9 Å². The average molecular weight is 408 g/mol. The van der Waals surface area contributed by atoms with Crippen molar-refractivity contribution >= 4 is 38.4 Å². The maximum atomic E-state index is 12.2. The lowest BCUT2D eigenvalue weighted by Crippen LogP contribution is -2.12. The summed E-state index contributed by atoms with van der Waals surface area (Å²) in [7, 11) is -3.81. The molecule has 3 aromatic rings. The maximum absolute atomic E-state index is 12.2. The van der Waals surface area contributed by atoms with E-state index in [1.165, 1.54) is 23.5 Å². The smallest absolute Gasteiger partial charge is 0.348 e. The lowest BCUT2D eigenvalue weighted by molar-refractivity contribution is 0.0464. The number of fused-ring (bicyclic) bond motifs is 1. The Morgan fingerprint density at radius 3 is 2.70 bits per heavy atom. The van der Waals surface area contributed by atoms with Crippen molar-refractivity contribution in [1.82, 2.24) is 9.55 Å². The molecule has 0 atom stereocenters. The molecule has 27 heavy (non-hydrogen) atoms. The van der Waals surface area contributed by atoms with Crippen LogP contribution in [0.5, 0.6) is 0 Å². The van der Waals surface area contributed by atoms with Gasteiger partial charge in [-0.2, -0.15) is 0 Å². The molecule has 3 rings (SSSR count). The number of nitrogens with two attached hydrogens (primary N) is 1. The molecule has 1 aromatic carbocycles. The molecule has 2 aromatic heterocycles. The first-order valence-corrected chi connectivity index (χ1v) is 10.9. The van der Waals surface area contributed by atoms with E-state index >= 15 is 0 Å². The summed E-state index contributed by atoms with van der Waals surface area (Å²) in [5, 5.41) is 5.21. The number of nitrogens with zero attached hydrogens (tertiary/aromatic N) is 2. The van der Waals surface area contributed by atoms with Crippen LogP contribution in [-0.4, -0.2) is 23.9 Å². The zero-order chi connectivity index (χ0) is 19.6. The molecule has 0 saturated carbocycles. The molecule has 2 heterocycles. The number of carbonyl (C=O) groups is 1. The second kappa shape index (κ2) is 7.79. The number of ether oxygens (including phenoxy) is 1. The van der Waals surface area contributed by atoms with Crippen LogP contribution in [0.2, 0.25) is 0 Å². The van der Waals surface area contributed by atoms with E-state index in [0.717, 1.165) is 23.2 Å². The van der Waals surface area contributed by atoms with Crippen LogP contribution in [0.1, 0.15) is 40.1 Å². The molecule has 0 unspecified atom stereocenters. The first-order valence-electron chi connectivity index (χ1n) is 8.55. The number of aryl methyl sites for hydroxylation is 2. The zero-order valence-electron chi connectivity index (χ0n) is 15.1. The molecule has 0 aliphatic rings. The molecule has 2 N–H and O–H groups in total. The summed E-state index contributed by atoms with van der Waals surface area (Å²) in [4.78, 5) is 18.3. The van der Waals surface area contributed by atoms with Gasteiger partial charge in [0.2, 0.25) is 10.0 Å². The van der Waals surface area contributed by atoms with E-state index < -0.39 is 16.0 Å². The van der Waals surface area contributed by atoms with Gasteiger partial charge in [0.1, 0.15) is 17.3 Å². The summed E-state index contributed by atoms with van der Waals surface area (Å²) in [5.41, 5.74) is 1.30. The molecule has 0 saturated heterocycles. The molecule has 7 nitrogen and oxygen atoms in total. The highest BCUT2D eigenvalue weighted by Gasteiger charge is 2.17.